The van der Waals surface area contributed by atoms with E-state index in [0.717, 1.165) is 19.3 Å². The lowest BCUT2D eigenvalue weighted by Crippen LogP contribution is -2.24. The molecule has 1 amide bonds. The monoisotopic (exact) mass is 338 g/mol. The van der Waals surface area contributed by atoms with Crippen LogP contribution >= 0.6 is 0 Å². The van der Waals surface area contributed by atoms with Crippen molar-refractivity contribution in [1.29, 1.82) is 0 Å². The molecule has 0 aliphatic rings. The number of hydrogen-bond donors (Lipinski definition) is 2. The second-order valence-electron chi connectivity index (χ2n) is 5.39. The van der Waals surface area contributed by atoms with E-state index in [1.807, 2.05) is 0 Å². The van der Waals surface area contributed by atoms with Crippen LogP contribution in [0.2, 0.25) is 0 Å². The van der Waals surface area contributed by atoms with Crippen LogP contribution in [0.25, 0.3) is 0 Å². The molecule has 0 bridgehead atoms. The van der Waals surface area contributed by atoms with E-state index < -0.39 is 16.8 Å². The highest BCUT2D eigenvalue weighted by atomic mass is 16.6. The number of nitrogens with zero attached hydrogens (tertiary/aromatic N) is 1. The Labute approximate surface area is 140 Å². The summed E-state index contributed by atoms with van der Waals surface area (Å²) in [4.78, 5) is 33.0. The third-order valence-electron chi connectivity index (χ3n) is 3.61. The van der Waals surface area contributed by atoms with Crippen molar-refractivity contribution in [3.05, 3.63) is 33.4 Å². The lowest BCUT2D eigenvalue weighted by atomic mass is 10.1. The van der Waals surface area contributed by atoms with Gasteiger partial charge < -0.3 is 15.2 Å². The Kier molecular flexibility index (Phi) is 7.67. The molecule has 0 unspecified atom stereocenters. The molecular weight excluding hydrogens is 316 g/mol. The van der Waals surface area contributed by atoms with Gasteiger partial charge in [0.2, 0.25) is 0 Å². The van der Waals surface area contributed by atoms with Crippen LogP contribution in [-0.2, 0) is 4.79 Å². The molecule has 0 aliphatic carbocycles. The number of nitrogens with one attached hydrogen (secondary N) is 1. The number of carboxylic acid groups (broad SMARTS) is 1. The van der Waals surface area contributed by atoms with Crippen molar-refractivity contribution < 1.29 is 24.4 Å². The van der Waals surface area contributed by atoms with Crippen molar-refractivity contribution in [1.82, 2.24) is 5.32 Å². The molecule has 1 rings (SSSR count). The van der Waals surface area contributed by atoms with Gasteiger partial charge in [-0.2, -0.15) is 0 Å². The molecule has 0 atom stereocenters. The van der Waals surface area contributed by atoms with Crippen molar-refractivity contribution in [3.63, 3.8) is 0 Å². The van der Waals surface area contributed by atoms with E-state index in [1.54, 1.807) is 6.92 Å². The average Bonchev–Trinajstić information content (AvgIpc) is 2.53. The molecule has 132 valence electrons. The fraction of sp³-hybridized carbons (Fsp3) is 0.500. The highest BCUT2D eigenvalue weighted by Crippen LogP contribution is 2.29. The van der Waals surface area contributed by atoms with E-state index in [0.29, 0.717) is 24.3 Å². The molecule has 2 N–H and O–H groups in total. The number of ether oxygens (including phenoxy) is 1. The first-order chi connectivity index (χ1) is 11.4. The van der Waals surface area contributed by atoms with E-state index in [4.69, 9.17) is 9.84 Å². The lowest BCUT2D eigenvalue weighted by molar-refractivity contribution is -0.385. The van der Waals surface area contributed by atoms with Gasteiger partial charge in [0, 0.05) is 24.6 Å². The number of benzene rings is 1. The summed E-state index contributed by atoms with van der Waals surface area (Å²) in [7, 11) is 1.39. The lowest BCUT2D eigenvalue weighted by Gasteiger charge is -2.09. The fourth-order valence-corrected chi connectivity index (χ4v) is 2.26. The predicted octanol–water partition coefficient (Wildman–Crippen LogP) is 2.68. The Morgan fingerprint density at radius 3 is 2.50 bits per heavy atom. The standard InChI is InChI=1S/C16H22N2O6/c1-11-13(18(22)23)9-12(10-14(11)24-2)16(21)17-8-6-4-3-5-7-15(19)20/h9-10H,3-8H2,1-2H3,(H,17,21)(H,19,20). The first-order valence-corrected chi connectivity index (χ1v) is 7.69. The van der Waals surface area contributed by atoms with Crippen LogP contribution in [0, 0.1) is 17.0 Å². The molecule has 0 spiro atoms. The van der Waals surface area contributed by atoms with Gasteiger partial charge in [-0.3, -0.25) is 19.7 Å². The summed E-state index contributed by atoms with van der Waals surface area (Å²) < 4.78 is 5.08. The zero-order valence-corrected chi connectivity index (χ0v) is 13.8. The average molecular weight is 338 g/mol. The third-order valence-corrected chi connectivity index (χ3v) is 3.61. The molecule has 0 aliphatic heterocycles. The number of carboxylic acids is 1. The molecule has 1 aromatic carbocycles. The number of amides is 1. The van der Waals surface area contributed by atoms with Crippen LogP contribution in [0.3, 0.4) is 0 Å². The Morgan fingerprint density at radius 2 is 1.92 bits per heavy atom. The Hall–Kier alpha value is -2.64. The van der Waals surface area contributed by atoms with Gasteiger partial charge in [-0.1, -0.05) is 12.8 Å². The highest BCUT2D eigenvalue weighted by molar-refractivity contribution is 5.95. The number of carbonyl (C=O) groups is 2. The van der Waals surface area contributed by atoms with Crippen LogP contribution in [0.1, 0.15) is 48.0 Å². The summed E-state index contributed by atoms with van der Waals surface area (Å²) in [6.45, 7) is 1.99. The summed E-state index contributed by atoms with van der Waals surface area (Å²) in [5, 5.41) is 22.3. The Morgan fingerprint density at radius 1 is 1.25 bits per heavy atom. The highest BCUT2D eigenvalue weighted by Gasteiger charge is 2.19. The van der Waals surface area contributed by atoms with E-state index in [9.17, 15) is 19.7 Å². The number of aliphatic carboxylic acids is 1. The minimum atomic E-state index is -0.807. The first kappa shape index (κ1) is 19.4. The van der Waals surface area contributed by atoms with Gasteiger partial charge in [0.05, 0.1) is 17.6 Å². The molecule has 8 nitrogen and oxygen atoms in total. The Balaban J connectivity index is 2.54. The predicted molar refractivity (Wildman–Crippen MR) is 87.4 cm³/mol. The zero-order valence-electron chi connectivity index (χ0n) is 13.8. The molecule has 0 saturated carbocycles. The molecule has 8 heteroatoms. The van der Waals surface area contributed by atoms with Crippen molar-refractivity contribution >= 4 is 17.6 Å². The van der Waals surface area contributed by atoms with Gasteiger partial charge in [-0.25, -0.2) is 0 Å². The van der Waals surface area contributed by atoms with Crippen LogP contribution in [0.15, 0.2) is 12.1 Å². The van der Waals surface area contributed by atoms with Crippen molar-refractivity contribution in [3.8, 4) is 5.75 Å². The van der Waals surface area contributed by atoms with Crippen LogP contribution in [0.4, 0.5) is 5.69 Å². The van der Waals surface area contributed by atoms with Gasteiger partial charge in [0.25, 0.3) is 11.6 Å². The maximum atomic E-state index is 12.1. The number of unbranched alkanes of at least 4 members (excludes halogenated alkanes) is 3. The first-order valence-electron chi connectivity index (χ1n) is 7.69. The molecule has 1 aromatic rings. The van der Waals surface area contributed by atoms with Crippen LogP contribution in [0.5, 0.6) is 5.75 Å². The molecular formula is C16H22N2O6. The molecule has 0 heterocycles. The number of methoxy groups -OCH3 is 1. The zero-order chi connectivity index (χ0) is 18.1. The summed E-state index contributed by atoms with van der Waals surface area (Å²) in [5.41, 5.74) is 0.390. The van der Waals surface area contributed by atoms with Crippen LogP contribution in [-0.4, -0.2) is 35.6 Å². The van der Waals surface area contributed by atoms with Crippen LogP contribution < -0.4 is 10.1 Å². The van der Waals surface area contributed by atoms with Gasteiger partial charge in [0.15, 0.2) is 0 Å². The number of nitro benzene ring substituents is 1. The quantitative estimate of drug-likeness (QED) is 0.384. The second-order valence-corrected chi connectivity index (χ2v) is 5.39. The number of carbonyl (C=O) groups excluding carboxylic acids is 1. The van der Waals surface area contributed by atoms with Crippen molar-refractivity contribution in [2.75, 3.05) is 13.7 Å². The minimum absolute atomic E-state index is 0.152. The van der Waals surface area contributed by atoms with Crippen molar-refractivity contribution in [2.45, 2.75) is 39.0 Å². The topological polar surface area (TPSA) is 119 Å². The van der Waals surface area contributed by atoms with E-state index in [-0.39, 0.29) is 17.7 Å². The van der Waals surface area contributed by atoms with E-state index in [2.05, 4.69) is 5.32 Å². The molecule has 0 fully saturated rings. The number of rotatable bonds is 10. The van der Waals surface area contributed by atoms with Gasteiger partial charge in [-0.15, -0.1) is 0 Å². The smallest absolute Gasteiger partial charge is 0.303 e. The largest absolute Gasteiger partial charge is 0.496 e. The second kappa shape index (κ2) is 9.49. The van der Waals surface area contributed by atoms with E-state index >= 15 is 0 Å². The normalized spacial score (nSPS) is 10.2. The SMILES string of the molecule is COc1cc(C(=O)NCCCCCCC(=O)O)cc([N+](=O)[O-])c1C. The molecule has 0 radical (unpaired) electrons. The summed E-state index contributed by atoms with van der Waals surface area (Å²) in [5.74, 6) is -0.914. The summed E-state index contributed by atoms with van der Waals surface area (Å²) >= 11 is 0. The third kappa shape index (κ3) is 5.86. The van der Waals surface area contributed by atoms with E-state index in [1.165, 1.54) is 19.2 Å². The maximum absolute atomic E-state index is 12.1. The maximum Gasteiger partial charge on any atom is 0.303 e. The van der Waals surface area contributed by atoms with Crippen molar-refractivity contribution in [2.24, 2.45) is 0 Å². The number of nitro groups is 1. The Bertz CT molecular complexity index is 615. The molecule has 24 heavy (non-hydrogen) atoms. The number of hydrogen-bond acceptors (Lipinski definition) is 5. The summed E-state index contributed by atoms with van der Waals surface area (Å²) in [6, 6.07) is 2.71. The molecule has 0 aromatic heterocycles. The minimum Gasteiger partial charge on any atom is -0.496 e. The van der Waals surface area contributed by atoms with Gasteiger partial charge in [-0.05, 0) is 25.8 Å². The van der Waals surface area contributed by atoms with Gasteiger partial charge in [0.1, 0.15) is 5.75 Å². The van der Waals surface area contributed by atoms with Gasteiger partial charge >= 0.3 is 5.97 Å². The summed E-state index contributed by atoms with van der Waals surface area (Å²) in [6.07, 6.45) is 3.08. The fourth-order valence-electron chi connectivity index (χ4n) is 2.26. The molecule has 0 saturated heterocycles.